The summed E-state index contributed by atoms with van der Waals surface area (Å²) >= 11 is 5.54. The Morgan fingerprint density at radius 3 is 2.58 bits per heavy atom. The van der Waals surface area contributed by atoms with Crippen LogP contribution < -0.4 is 4.74 Å². The first kappa shape index (κ1) is 16.4. The highest BCUT2D eigenvalue weighted by molar-refractivity contribution is 7.71. The highest BCUT2D eigenvalue weighted by Crippen LogP contribution is 2.46. The van der Waals surface area contributed by atoms with Crippen LogP contribution >= 0.6 is 12.2 Å². The zero-order valence-corrected chi connectivity index (χ0v) is 14.6. The Labute approximate surface area is 152 Å². The molecule has 4 rings (SSSR count). The molecule has 0 spiro atoms. The molecule has 0 bridgehead atoms. The first-order chi connectivity index (χ1) is 12.5. The minimum absolute atomic E-state index is 0.0992. The average Bonchev–Trinajstić information content (AvgIpc) is 2.89. The van der Waals surface area contributed by atoms with Crippen LogP contribution in [0.5, 0.6) is 17.4 Å². The molecule has 0 amide bonds. The largest absolute Gasteiger partial charge is 0.505 e. The molecule has 0 saturated heterocycles. The van der Waals surface area contributed by atoms with E-state index < -0.39 is 0 Å². The number of phenolic OH excluding ortho intramolecular Hbond substituents is 1. The van der Waals surface area contributed by atoms with Gasteiger partial charge in [-0.25, -0.2) is 4.39 Å². The van der Waals surface area contributed by atoms with E-state index in [0.717, 1.165) is 5.56 Å². The Morgan fingerprint density at radius 2 is 1.88 bits per heavy atom. The number of halogens is 1. The third-order valence-electron chi connectivity index (χ3n) is 4.45. The van der Waals surface area contributed by atoms with Crippen LogP contribution in [0.1, 0.15) is 5.56 Å². The van der Waals surface area contributed by atoms with E-state index in [0.29, 0.717) is 26.7 Å². The number of rotatable bonds is 3. The quantitative estimate of drug-likeness (QED) is 0.466. The Kier molecular flexibility index (Phi) is 3.81. The highest BCUT2D eigenvalue weighted by Gasteiger charge is 2.23. The van der Waals surface area contributed by atoms with Gasteiger partial charge in [0.2, 0.25) is 5.88 Å². The summed E-state index contributed by atoms with van der Waals surface area (Å²) in [6.07, 6.45) is 1.68. The van der Waals surface area contributed by atoms with Crippen molar-refractivity contribution in [2.24, 2.45) is 0 Å². The monoisotopic (exact) mass is 370 g/mol. The van der Waals surface area contributed by atoms with Gasteiger partial charge in [-0.15, -0.1) is 0 Å². The first-order valence-corrected chi connectivity index (χ1v) is 8.29. The maximum atomic E-state index is 13.1. The number of pyridine rings is 1. The van der Waals surface area contributed by atoms with Gasteiger partial charge in [-0.1, -0.05) is 24.4 Å². The normalized spacial score (nSPS) is 11.3. The van der Waals surface area contributed by atoms with Gasteiger partial charge in [0.25, 0.3) is 0 Å². The van der Waals surface area contributed by atoms with Crippen molar-refractivity contribution in [3.8, 4) is 17.4 Å². The molecule has 132 valence electrons. The molecule has 3 N–H and O–H groups in total. The minimum Gasteiger partial charge on any atom is -0.505 e. The van der Waals surface area contributed by atoms with Gasteiger partial charge in [-0.05, 0) is 29.8 Å². The summed E-state index contributed by atoms with van der Waals surface area (Å²) < 4.78 is 20.5. The van der Waals surface area contributed by atoms with E-state index in [9.17, 15) is 14.6 Å². The van der Waals surface area contributed by atoms with Crippen LogP contribution in [0.4, 0.5) is 4.39 Å². The molecule has 0 atom stereocenters. The smallest absolute Gasteiger partial charge is 0.204 e. The van der Waals surface area contributed by atoms with E-state index in [1.165, 1.54) is 23.8 Å². The maximum absolute atomic E-state index is 13.1. The number of aromatic amines is 1. The predicted molar refractivity (Wildman–Crippen MR) is 100 cm³/mol. The second-order valence-corrected chi connectivity index (χ2v) is 6.32. The van der Waals surface area contributed by atoms with E-state index >= 15 is 0 Å². The number of nitrogens with zero attached hydrogens (tertiary/aromatic N) is 1. The molecule has 2 aromatic carbocycles. The predicted octanol–water partition coefficient (Wildman–Crippen LogP) is 4.46. The molecule has 2 aromatic heterocycles. The molecule has 26 heavy (non-hydrogen) atoms. The fourth-order valence-electron chi connectivity index (χ4n) is 3.23. The fraction of sp³-hybridized carbons (Fsp3) is 0.105. The number of nitrogens with one attached hydrogen (secondary N) is 1. The van der Waals surface area contributed by atoms with Crippen molar-refractivity contribution in [1.82, 2.24) is 9.55 Å². The third-order valence-corrected chi connectivity index (χ3v) is 4.87. The van der Waals surface area contributed by atoms with Gasteiger partial charge in [0, 0.05) is 11.6 Å². The Bertz CT molecular complexity index is 1200. The molecule has 0 unspecified atom stereocenters. The van der Waals surface area contributed by atoms with Crippen LogP contribution in [-0.2, 0) is 6.54 Å². The Balaban J connectivity index is 2.05. The van der Waals surface area contributed by atoms with Crippen molar-refractivity contribution in [3.05, 3.63) is 58.6 Å². The molecular formula is C19H15FN2O3S. The number of H-pyrrole nitrogens is 1. The Morgan fingerprint density at radius 1 is 1.15 bits per heavy atom. The number of fused-ring (bicyclic) bond motifs is 2. The second kappa shape index (κ2) is 6.03. The highest BCUT2D eigenvalue weighted by atomic mass is 32.1. The summed E-state index contributed by atoms with van der Waals surface area (Å²) in [5, 5.41) is 22.8. The Hall–Kier alpha value is -3.06. The van der Waals surface area contributed by atoms with Gasteiger partial charge < -0.3 is 19.9 Å². The molecule has 0 radical (unpaired) electrons. The van der Waals surface area contributed by atoms with Gasteiger partial charge in [-0.2, -0.15) is 0 Å². The minimum atomic E-state index is -0.338. The summed E-state index contributed by atoms with van der Waals surface area (Å²) in [5.41, 5.74) is 1.21. The number of aromatic nitrogens is 2. The SMILES string of the molecule is COc1c2ccc[nH]c2c(O)c2c(O)n(Cc3ccc(F)cc3)c(=S)c12. The molecule has 2 heterocycles. The summed E-state index contributed by atoms with van der Waals surface area (Å²) in [6, 6.07) is 9.52. The topological polar surface area (TPSA) is 70.4 Å². The van der Waals surface area contributed by atoms with Crippen molar-refractivity contribution in [3.63, 3.8) is 0 Å². The number of methoxy groups -OCH3 is 1. The summed E-state index contributed by atoms with van der Waals surface area (Å²) in [5.74, 6) is -0.125. The van der Waals surface area contributed by atoms with Crippen LogP contribution in [0.25, 0.3) is 21.7 Å². The molecule has 4 aromatic rings. The summed E-state index contributed by atoms with van der Waals surface area (Å²) in [6.45, 7) is 0.238. The van der Waals surface area contributed by atoms with Crippen molar-refractivity contribution in [1.29, 1.82) is 0 Å². The van der Waals surface area contributed by atoms with Gasteiger partial charge in [-0.3, -0.25) is 4.57 Å². The maximum Gasteiger partial charge on any atom is 0.204 e. The first-order valence-electron chi connectivity index (χ1n) is 7.89. The van der Waals surface area contributed by atoms with Crippen LogP contribution in [0, 0.1) is 10.5 Å². The van der Waals surface area contributed by atoms with Crippen LogP contribution in [0.3, 0.4) is 0 Å². The number of hydrogen-bond acceptors (Lipinski definition) is 4. The van der Waals surface area contributed by atoms with Gasteiger partial charge in [0.1, 0.15) is 16.2 Å². The zero-order valence-electron chi connectivity index (χ0n) is 13.8. The van der Waals surface area contributed by atoms with Crippen LogP contribution in [-0.4, -0.2) is 26.9 Å². The molecule has 7 heteroatoms. The lowest BCUT2D eigenvalue weighted by molar-refractivity contribution is 0.422. The molecule has 0 aliphatic rings. The van der Waals surface area contributed by atoms with Gasteiger partial charge in [0.15, 0.2) is 5.75 Å². The summed E-state index contributed by atoms with van der Waals surface area (Å²) in [7, 11) is 1.52. The van der Waals surface area contributed by atoms with Crippen LogP contribution in [0.15, 0.2) is 42.6 Å². The van der Waals surface area contributed by atoms with Crippen molar-refractivity contribution < 1.29 is 19.3 Å². The van der Waals surface area contributed by atoms with Gasteiger partial charge >= 0.3 is 0 Å². The van der Waals surface area contributed by atoms with E-state index in [1.807, 2.05) is 0 Å². The number of hydrogen-bond donors (Lipinski definition) is 3. The molecule has 0 aliphatic heterocycles. The number of phenols is 1. The standard InChI is InChI=1S/C19H15FN2O3S/c1-25-17-12-3-2-8-21-15(12)16(23)13-14(17)19(26)22(18(13)24)9-10-4-6-11(20)7-5-10/h2-8,21,23-24H,9H2,1H3. The second-order valence-electron chi connectivity index (χ2n) is 5.93. The van der Waals surface area contributed by atoms with E-state index in [4.69, 9.17) is 17.0 Å². The zero-order chi connectivity index (χ0) is 18.4. The number of benzene rings is 2. The third kappa shape index (κ3) is 2.32. The van der Waals surface area contributed by atoms with Crippen molar-refractivity contribution in [2.45, 2.75) is 6.54 Å². The fourth-order valence-corrected chi connectivity index (χ4v) is 3.58. The number of aromatic hydroxyl groups is 2. The average molecular weight is 370 g/mol. The van der Waals surface area contributed by atoms with E-state index in [1.54, 1.807) is 30.5 Å². The van der Waals surface area contributed by atoms with E-state index in [2.05, 4.69) is 4.98 Å². The molecule has 5 nitrogen and oxygen atoms in total. The van der Waals surface area contributed by atoms with Crippen molar-refractivity contribution in [2.75, 3.05) is 7.11 Å². The molecule has 0 saturated carbocycles. The number of ether oxygens (including phenoxy) is 1. The van der Waals surface area contributed by atoms with E-state index in [-0.39, 0.29) is 29.4 Å². The lowest BCUT2D eigenvalue weighted by Gasteiger charge is -2.09. The molecule has 0 fully saturated rings. The lowest BCUT2D eigenvalue weighted by Crippen LogP contribution is -1.99. The summed E-state index contributed by atoms with van der Waals surface area (Å²) in [4.78, 5) is 2.97. The molecular weight excluding hydrogens is 355 g/mol. The van der Waals surface area contributed by atoms with Gasteiger partial charge in [0.05, 0.1) is 29.9 Å². The van der Waals surface area contributed by atoms with Crippen molar-refractivity contribution >= 4 is 33.9 Å². The molecule has 0 aliphatic carbocycles. The lowest BCUT2D eigenvalue weighted by atomic mass is 10.1. The van der Waals surface area contributed by atoms with Crippen LogP contribution in [0.2, 0.25) is 0 Å².